The van der Waals surface area contributed by atoms with Crippen molar-refractivity contribution in [2.75, 3.05) is 32.9 Å². The molecular weight excluding hydrogens is 299 g/mol. The largest absolute Gasteiger partial charge is 0.384 e. The zero-order valence-corrected chi connectivity index (χ0v) is 12.0. The molecule has 0 saturated carbocycles. The van der Waals surface area contributed by atoms with Crippen LogP contribution in [0.25, 0.3) is 0 Å². The van der Waals surface area contributed by atoms with E-state index in [1.165, 1.54) is 5.01 Å². The van der Waals surface area contributed by atoms with Gasteiger partial charge in [0, 0.05) is 18.7 Å². The number of hydrogen-bond acceptors (Lipinski definition) is 5. The Labute approximate surface area is 122 Å². The fourth-order valence-electron chi connectivity index (χ4n) is 1.84. The minimum absolute atomic E-state index is 0.00445. The summed E-state index contributed by atoms with van der Waals surface area (Å²) in [4.78, 5) is 2.29. The van der Waals surface area contributed by atoms with Crippen LogP contribution in [-0.2, 0) is 14.8 Å². The second kappa shape index (κ2) is 6.98. The minimum Gasteiger partial charge on any atom is -0.384 e. The van der Waals surface area contributed by atoms with Crippen molar-refractivity contribution < 1.29 is 22.7 Å². The molecule has 0 unspecified atom stereocenters. The molecule has 0 bridgehead atoms. The normalized spacial score (nSPS) is 16.3. The third kappa shape index (κ3) is 4.23. The van der Waals surface area contributed by atoms with Gasteiger partial charge in [0.1, 0.15) is 12.4 Å². The van der Waals surface area contributed by atoms with E-state index < -0.39 is 22.4 Å². The van der Waals surface area contributed by atoms with Crippen molar-refractivity contribution >= 4 is 10.0 Å². The van der Waals surface area contributed by atoms with Crippen molar-refractivity contribution in [1.29, 1.82) is 0 Å². The third-order valence-corrected chi connectivity index (χ3v) is 4.23. The molecule has 2 N–H and O–H groups in total. The fraction of sp³-hybridized carbons (Fsp3) is 0.385. The van der Waals surface area contributed by atoms with E-state index in [1.807, 2.05) is 0 Å². The number of nitrogens with one attached hydrogen (secondary N) is 1. The van der Waals surface area contributed by atoms with Gasteiger partial charge in [0.15, 0.2) is 0 Å². The summed E-state index contributed by atoms with van der Waals surface area (Å²) in [5.41, 5.74) is 0.00445. The van der Waals surface area contributed by atoms with Gasteiger partial charge in [0.25, 0.3) is 10.0 Å². The van der Waals surface area contributed by atoms with Crippen molar-refractivity contribution in [3.8, 4) is 11.8 Å². The second-order valence-corrected chi connectivity index (χ2v) is 5.92. The Bertz CT molecular complexity index is 660. The zero-order chi connectivity index (χ0) is 15.3. The van der Waals surface area contributed by atoms with Crippen LogP contribution in [0.2, 0.25) is 0 Å². The van der Waals surface area contributed by atoms with Crippen LogP contribution in [-0.4, -0.2) is 51.4 Å². The van der Waals surface area contributed by atoms with Crippen LogP contribution in [0.4, 0.5) is 4.39 Å². The number of benzene rings is 1. The number of morpholine rings is 1. The zero-order valence-electron chi connectivity index (χ0n) is 11.2. The Balaban J connectivity index is 2.30. The summed E-state index contributed by atoms with van der Waals surface area (Å²) in [6.07, 6.45) is 0. The van der Waals surface area contributed by atoms with E-state index in [4.69, 9.17) is 9.84 Å². The lowest BCUT2D eigenvalue weighted by Gasteiger charge is -2.26. The molecule has 0 spiro atoms. The van der Waals surface area contributed by atoms with Gasteiger partial charge in [-0.05, 0) is 18.2 Å². The van der Waals surface area contributed by atoms with Crippen molar-refractivity contribution in [1.82, 2.24) is 9.84 Å². The van der Waals surface area contributed by atoms with Gasteiger partial charge in [-0.2, -0.15) is 0 Å². The Morgan fingerprint density at radius 3 is 2.76 bits per heavy atom. The molecule has 1 saturated heterocycles. The molecule has 0 radical (unpaired) electrons. The Kier molecular flexibility index (Phi) is 5.27. The van der Waals surface area contributed by atoms with Gasteiger partial charge in [-0.3, -0.25) is 0 Å². The van der Waals surface area contributed by atoms with E-state index in [-0.39, 0.29) is 10.5 Å². The van der Waals surface area contributed by atoms with Gasteiger partial charge in [-0.1, -0.05) is 11.8 Å². The van der Waals surface area contributed by atoms with Crippen LogP contribution < -0.4 is 4.83 Å². The Morgan fingerprint density at radius 2 is 2.10 bits per heavy atom. The number of halogens is 1. The maximum Gasteiger partial charge on any atom is 0.254 e. The second-order valence-electron chi connectivity index (χ2n) is 4.29. The highest BCUT2D eigenvalue weighted by atomic mass is 32.2. The van der Waals surface area contributed by atoms with Gasteiger partial charge in [0.05, 0.1) is 18.1 Å². The first-order valence-electron chi connectivity index (χ1n) is 6.27. The van der Waals surface area contributed by atoms with Crippen molar-refractivity contribution in [2.24, 2.45) is 0 Å². The average Bonchev–Trinajstić information content (AvgIpc) is 2.45. The molecule has 1 aromatic rings. The van der Waals surface area contributed by atoms with E-state index in [0.29, 0.717) is 26.3 Å². The number of nitrogens with zero attached hydrogens (tertiary/aromatic N) is 1. The summed E-state index contributed by atoms with van der Waals surface area (Å²) in [6, 6.07) is 3.23. The lowest BCUT2D eigenvalue weighted by atomic mass is 10.2. The first-order chi connectivity index (χ1) is 10.0. The summed E-state index contributed by atoms with van der Waals surface area (Å²) >= 11 is 0. The molecule has 114 valence electrons. The molecule has 1 aliphatic heterocycles. The molecule has 0 aliphatic carbocycles. The van der Waals surface area contributed by atoms with Crippen molar-refractivity contribution in [2.45, 2.75) is 4.90 Å². The van der Waals surface area contributed by atoms with E-state index in [1.54, 1.807) is 0 Å². The monoisotopic (exact) mass is 314 g/mol. The first-order valence-corrected chi connectivity index (χ1v) is 7.75. The van der Waals surface area contributed by atoms with Crippen LogP contribution in [0.3, 0.4) is 0 Å². The number of hydrazine groups is 1. The lowest BCUT2D eigenvalue weighted by Crippen LogP contribution is -2.48. The molecule has 21 heavy (non-hydrogen) atoms. The number of sulfonamides is 1. The summed E-state index contributed by atoms with van der Waals surface area (Å²) in [6.45, 7) is 1.29. The number of hydrogen-bond donors (Lipinski definition) is 2. The van der Waals surface area contributed by atoms with Crippen molar-refractivity contribution in [3.05, 3.63) is 29.6 Å². The van der Waals surface area contributed by atoms with Gasteiger partial charge < -0.3 is 9.84 Å². The van der Waals surface area contributed by atoms with E-state index in [2.05, 4.69) is 16.7 Å². The smallest absolute Gasteiger partial charge is 0.254 e. The van der Waals surface area contributed by atoms with Gasteiger partial charge in [-0.15, -0.1) is 4.83 Å². The predicted octanol–water partition coefficient (Wildman–Crippen LogP) is -0.305. The topological polar surface area (TPSA) is 78.9 Å². The average molecular weight is 314 g/mol. The summed E-state index contributed by atoms with van der Waals surface area (Å²) in [5.74, 6) is 4.17. The standard InChI is InChI=1S/C13H15FN2O4S/c14-12-3-4-13(11(10-12)2-1-7-17)21(18,19)15-16-5-8-20-9-6-16/h3-4,10,15,17H,5-9H2. The highest BCUT2D eigenvalue weighted by Crippen LogP contribution is 2.16. The maximum atomic E-state index is 13.2. The molecule has 2 rings (SSSR count). The summed E-state index contributed by atoms with van der Waals surface area (Å²) < 4.78 is 43.1. The van der Waals surface area contributed by atoms with Gasteiger partial charge in [0.2, 0.25) is 0 Å². The molecule has 8 heteroatoms. The lowest BCUT2D eigenvalue weighted by molar-refractivity contribution is 0.0272. The maximum absolute atomic E-state index is 13.2. The number of aliphatic hydroxyl groups excluding tert-OH is 1. The molecule has 0 aromatic heterocycles. The molecule has 1 heterocycles. The van der Waals surface area contributed by atoms with Crippen LogP contribution in [0, 0.1) is 17.7 Å². The highest BCUT2D eigenvalue weighted by molar-refractivity contribution is 7.89. The quantitative estimate of drug-likeness (QED) is 0.749. The molecule has 0 atom stereocenters. The molecule has 1 aromatic carbocycles. The van der Waals surface area contributed by atoms with E-state index >= 15 is 0 Å². The SMILES string of the molecule is O=S(=O)(NN1CCOCC1)c1ccc(F)cc1C#CCO. The van der Waals surface area contributed by atoms with Crippen LogP contribution in [0.1, 0.15) is 5.56 Å². The van der Waals surface area contributed by atoms with E-state index in [0.717, 1.165) is 18.2 Å². The minimum atomic E-state index is -3.87. The Hall–Kier alpha value is -1.50. The molecule has 1 aliphatic rings. The van der Waals surface area contributed by atoms with Gasteiger partial charge in [-0.25, -0.2) is 17.8 Å². The molecular formula is C13H15FN2O4S. The van der Waals surface area contributed by atoms with Crippen LogP contribution >= 0.6 is 0 Å². The molecule has 1 fully saturated rings. The highest BCUT2D eigenvalue weighted by Gasteiger charge is 2.22. The van der Waals surface area contributed by atoms with Gasteiger partial charge >= 0.3 is 0 Å². The fourth-order valence-corrected chi connectivity index (χ4v) is 3.11. The number of rotatable bonds is 3. The molecule has 0 amide bonds. The summed E-state index contributed by atoms with van der Waals surface area (Å²) in [7, 11) is -3.87. The van der Waals surface area contributed by atoms with Crippen LogP contribution in [0.15, 0.2) is 23.1 Å². The van der Waals surface area contributed by atoms with Crippen molar-refractivity contribution in [3.63, 3.8) is 0 Å². The molecule has 6 nitrogen and oxygen atoms in total. The summed E-state index contributed by atoms with van der Waals surface area (Å²) in [5, 5.41) is 10.2. The number of aliphatic hydroxyl groups is 1. The van der Waals surface area contributed by atoms with Crippen LogP contribution in [0.5, 0.6) is 0 Å². The predicted molar refractivity (Wildman–Crippen MR) is 73.1 cm³/mol. The number of ether oxygens (including phenoxy) is 1. The first kappa shape index (κ1) is 15.9. The Morgan fingerprint density at radius 1 is 1.38 bits per heavy atom. The third-order valence-electron chi connectivity index (χ3n) is 2.79. The van der Waals surface area contributed by atoms with E-state index in [9.17, 15) is 12.8 Å².